The molecular weight excluding hydrogens is 148 g/mol. The van der Waals surface area contributed by atoms with Gasteiger partial charge in [-0.2, -0.15) is 0 Å². The Morgan fingerprint density at radius 1 is 1.42 bits per heavy atom. The van der Waals surface area contributed by atoms with E-state index < -0.39 is 0 Å². The summed E-state index contributed by atoms with van der Waals surface area (Å²) in [4.78, 5) is 0. The van der Waals surface area contributed by atoms with Crippen LogP contribution in [0.4, 0.5) is 0 Å². The number of rotatable bonds is 6. The third kappa shape index (κ3) is 3.78. The first-order valence-corrected chi connectivity index (χ1v) is 4.87. The van der Waals surface area contributed by atoms with Gasteiger partial charge in [0, 0.05) is 12.5 Å². The SMILES string of the molecule is C#CC(CC)C(CO)CCCC. The maximum atomic E-state index is 9.09. The van der Waals surface area contributed by atoms with Gasteiger partial charge in [-0.3, -0.25) is 0 Å². The summed E-state index contributed by atoms with van der Waals surface area (Å²) in [6, 6.07) is 0. The lowest BCUT2D eigenvalue weighted by atomic mass is 9.87. The van der Waals surface area contributed by atoms with Crippen molar-refractivity contribution in [2.45, 2.75) is 39.5 Å². The molecule has 0 aliphatic carbocycles. The second-order valence-corrected chi connectivity index (χ2v) is 3.27. The van der Waals surface area contributed by atoms with Crippen LogP contribution in [0, 0.1) is 24.2 Å². The lowest BCUT2D eigenvalue weighted by Gasteiger charge is -2.19. The van der Waals surface area contributed by atoms with Crippen LogP contribution in [0.5, 0.6) is 0 Å². The lowest BCUT2D eigenvalue weighted by Crippen LogP contribution is -2.16. The van der Waals surface area contributed by atoms with Crippen LogP contribution >= 0.6 is 0 Å². The molecule has 0 saturated carbocycles. The minimum atomic E-state index is 0.239. The number of terminal acetylenes is 1. The molecule has 2 unspecified atom stereocenters. The molecule has 1 nitrogen and oxygen atoms in total. The van der Waals surface area contributed by atoms with Gasteiger partial charge in [0.25, 0.3) is 0 Å². The standard InChI is InChI=1S/C11H20O/c1-4-7-8-11(9-12)10(5-2)6-3/h2,10-12H,4,6-9H2,1,3H3. The van der Waals surface area contributed by atoms with Crippen molar-refractivity contribution < 1.29 is 5.11 Å². The molecule has 0 saturated heterocycles. The highest BCUT2D eigenvalue weighted by Gasteiger charge is 2.15. The van der Waals surface area contributed by atoms with Crippen molar-refractivity contribution in [3.63, 3.8) is 0 Å². The number of hydrogen-bond acceptors (Lipinski definition) is 1. The summed E-state index contributed by atoms with van der Waals surface area (Å²) in [6.45, 7) is 4.48. The second kappa shape index (κ2) is 7.18. The van der Waals surface area contributed by atoms with Crippen molar-refractivity contribution >= 4 is 0 Å². The Morgan fingerprint density at radius 2 is 2.08 bits per heavy atom. The zero-order valence-electron chi connectivity index (χ0n) is 8.21. The molecule has 12 heavy (non-hydrogen) atoms. The van der Waals surface area contributed by atoms with Crippen LogP contribution in [-0.4, -0.2) is 11.7 Å². The summed E-state index contributed by atoms with van der Waals surface area (Å²) in [5.41, 5.74) is 0. The van der Waals surface area contributed by atoms with Gasteiger partial charge < -0.3 is 5.11 Å². The van der Waals surface area contributed by atoms with Crippen LogP contribution in [0.1, 0.15) is 39.5 Å². The first-order valence-electron chi connectivity index (χ1n) is 4.87. The highest BCUT2D eigenvalue weighted by molar-refractivity contribution is 4.95. The van der Waals surface area contributed by atoms with E-state index in [2.05, 4.69) is 19.8 Å². The molecule has 70 valence electrons. The molecule has 0 aliphatic heterocycles. The fraction of sp³-hybridized carbons (Fsp3) is 0.818. The van der Waals surface area contributed by atoms with Crippen molar-refractivity contribution in [1.82, 2.24) is 0 Å². The van der Waals surface area contributed by atoms with E-state index >= 15 is 0 Å². The zero-order valence-corrected chi connectivity index (χ0v) is 8.21. The van der Waals surface area contributed by atoms with E-state index in [4.69, 9.17) is 11.5 Å². The Hall–Kier alpha value is -0.480. The number of aliphatic hydroxyl groups is 1. The van der Waals surface area contributed by atoms with Crippen molar-refractivity contribution in [3.05, 3.63) is 0 Å². The van der Waals surface area contributed by atoms with Gasteiger partial charge in [0.2, 0.25) is 0 Å². The van der Waals surface area contributed by atoms with Gasteiger partial charge >= 0.3 is 0 Å². The predicted octanol–water partition coefficient (Wildman–Crippen LogP) is 2.44. The molecule has 0 aliphatic rings. The van der Waals surface area contributed by atoms with Crippen LogP contribution in [0.3, 0.4) is 0 Å². The number of unbranched alkanes of at least 4 members (excludes halogenated alkanes) is 1. The summed E-state index contributed by atoms with van der Waals surface area (Å²) in [5.74, 6) is 3.34. The monoisotopic (exact) mass is 168 g/mol. The Labute approximate surface area is 76.2 Å². The maximum Gasteiger partial charge on any atom is 0.0471 e. The third-order valence-electron chi connectivity index (χ3n) is 2.39. The highest BCUT2D eigenvalue weighted by Crippen LogP contribution is 2.20. The minimum Gasteiger partial charge on any atom is -0.396 e. The van der Waals surface area contributed by atoms with Crippen molar-refractivity contribution in [1.29, 1.82) is 0 Å². The zero-order chi connectivity index (χ0) is 9.40. The lowest BCUT2D eigenvalue weighted by molar-refractivity contribution is 0.184. The summed E-state index contributed by atoms with van der Waals surface area (Å²) < 4.78 is 0. The van der Waals surface area contributed by atoms with E-state index in [1.807, 2.05) is 0 Å². The van der Waals surface area contributed by atoms with Crippen LogP contribution in [0.2, 0.25) is 0 Å². The minimum absolute atomic E-state index is 0.239. The van der Waals surface area contributed by atoms with Gasteiger partial charge in [-0.1, -0.05) is 26.7 Å². The van der Waals surface area contributed by atoms with Crippen LogP contribution < -0.4 is 0 Å². The largest absolute Gasteiger partial charge is 0.396 e. The molecular formula is C11H20O. The highest BCUT2D eigenvalue weighted by atomic mass is 16.3. The summed E-state index contributed by atoms with van der Waals surface area (Å²) in [6.07, 6.45) is 9.76. The Morgan fingerprint density at radius 3 is 2.42 bits per heavy atom. The van der Waals surface area contributed by atoms with E-state index in [-0.39, 0.29) is 12.5 Å². The molecule has 0 aromatic rings. The van der Waals surface area contributed by atoms with Gasteiger partial charge in [0.05, 0.1) is 0 Å². The molecule has 0 radical (unpaired) electrons. The van der Waals surface area contributed by atoms with Gasteiger partial charge in [-0.05, 0) is 18.8 Å². The van der Waals surface area contributed by atoms with E-state index in [0.717, 1.165) is 12.8 Å². The summed E-state index contributed by atoms with van der Waals surface area (Å²) in [7, 11) is 0. The molecule has 0 aromatic carbocycles. The van der Waals surface area contributed by atoms with Gasteiger partial charge in [-0.25, -0.2) is 0 Å². The molecule has 0 heterocycles. The molecule has 0 amide bonds. The predicted molar refractivity (Wildman–Crippen MR) is 52.7 cm³/mol. The van der Waals surface area contributed by atoms with E-state index in [1.165, 1.54) is 12.8 Å². The normalized spacial score (nSPS) is 15.2. The molecule has 0 rings (SSSR count). The van der Waals surface area contributed by atoms with Gasteiger partial charge in [-0.15, -0.1) is 12.3 Å². The quantitative estimate of drug-likeness (QED) is 0.604. The van der Waals surface area contributed by atoms with Crippen molar-refractivity contribution in [2.75, 3.05) is 6.61 Å². The molecule has 0 aromatic heterocycles. The summed E-state index contributed by atoms with van der Waals surface area (Å²) in [5, 5.41) is 9.09. The first-order chi connectivity index (χ1) is 5.79. The average Bonchev–Trinajstić information content (AvgIpc) is 2.12. The Kier molecular flexibility index (Phi) is 6.90. The van der Waals surface area contributed by atoms with E-state index in [9.17, 15) is 0 Å². The van der Waals surface area contributed by atoms with E-state index in [1.54, 1.807) is 0 Å². The van der Waals surface area contributed by atoms with Crippen LogP contribution in [0.25, 0.3) is 0 Å². The molecule has 0 spiro atoms. The maximum absolute atomic E-state index is 9.09. The topological polar surface area (TPSA) is 20.2 Å². The number of hydrogen-bond donors (Lipinski definition) is 1. The fourth-order valence-corrected chi connectivity index (χ4v) is 1.47. The fourth-order valence-electron chi connectivity index (χ4n) is 1.47. The Bertz CT molecular complexity index is 134. The van der Waals surface area contributed by atoms with E-state index in [0.29, 0.717) is 5.92 Å². The van der Waals surface area contributed by atoms with Gasteiger partial charge in [0.15, 0.2) is 0 Å². The smallest absolute Gasteiger partial charge is 0.0471 e. The second-order valence-electron chi connectivity index (χ2n) is 3.27. The first kappa shape index (κ1) is 11.5. The van der Waals surface area contributed by atoms with Crippen molar-refractivity contribution in [3.8, 4) is 12.3 Å². The molecule has 0 bridgehead atoms. The molecule has 1 heteroatoms. The Balaban J connectivity index is 3.86. The average molecular weight is 168 g/mol. The molecule has 0 fully saturated rings. The third-order valence-corrected chi connectivity index (χ3v) is 2.39. The summed E-state index contributed by atoms with van der Waals surface area (Å²) >= 11 is 0. The number of aliphatic hydroxyl groups excluding tert-OH is 1. The van der Waals surface area contributed by atoms with Crippen LogP contribution in [0.15, 0.2) is 0 Å². The molecule has 2 atom stereocenters. The molecule has 1 N–H and O–H groups in total. The van der Waals surface area contributed by atoms with Crippen molar-refractivity contribution in [2.24, 2.45) is 11.8 Å². The van der Waals surface area contributed by atoms with Crippen LogP contribution in [-0.2, 0) is 0 Å². The van der Waals surface area contributed by atoms with Gasteiger partial charge in [0.1, 0.15) is 0 Å².